The van der Waals surface area contributed by atoms with Crippen LogP contribution in [0.2, 0.25) is 5.02 Å². The van der Waals surface area contributed by atoms with Gasteiger partial charge in [-0.05, 0) is 62.4 Å². The molecule has 1 saturated carbocycles. The van der Waals surface area contributed by atoms with Gasteiger partial charge in [0.25, 0.3) is 5.56 Å². The van der Waals surface area contributed by atoms with E-state index in [2.05, 4.69) is 10.5 Å². The number of hydrogen-bond donors (Lipinski definition) is 1. The van der Waals surface area contributed by atoms with Crippen LogP contribution in [-0.2, 0) is 11.2 Å². The van der Waals surface area contributed by atoms with Crippen LogP contribution in [0.5, 0.6) is 17.2 Å². The highest BCUT2D eigenvalue weighted by atomic mass is 35.5. The molecule has 38 heavy (non-hydrogen) atoms. The zero-order valence-corrected chi connectivity index (χ0v) is 22.6. The maximum atomic E-state index is 13.6. The fraction of sp³-hybridized carbons (Fsp3) is 0.393. The minimum Gasteiger partial charge on any atom is -0.493 e. The number of rotatable bonds is 8. The number of amides is 1. The molecule has 9 nitrogen and oxygen atoms in total. The van der Waals surface area contributed by atoms with Crippen molar-refractivity contribution >= 4 is 39.3 Å². The van der Waals surface area contributed by atoms with E-state index in [0.717, 1.165) is 23.9 Å². The van der Waals surface area contributed by atoms with E-state index >= 15 is 0 Å². The predicted molar refractivity (Wildman–Crippen MR) is 145 cm³/mol. The number of benzene rings is 2. The number of aryl methyl sites for hydroxylation is 2. The second kappa shape index (κ2) is 10.6. The number of hydrogen-bond acceptors (Lipinski definition) is 7. The number of nitrogens with one attached hydrogen (secondary N) is 1. The summed E-state index contributed by atoms with van der Waals surface area (Å²) in [7, 11) is 4.68. The molecule has 1 amide bonds. The van der Waals surface area contributed by atoms with Crippen LogP contribution in [-0.4, -0.2) is 43.0 Å². The summed E-state index contributed by atoms with van der Waals surface area (Å²) in [4.78, 5) is 26.4. The Bertz CT molecular complexity index is 1550. The van der Waals surface area contributed by atoms with Crippen LogP contribution in [0.15, 0.2) is 39.6 Å². The number of aromatic nitrogens is 2. The van der Waals surface area contributed by atoms with Gasteiger partial charge in [0, 0.05) is 23.9 Å². The molecule has 1 aliphatic rings. The molecule has 1 aliphatic carbocycles. The summed E-state index contributed by atoms with van der Waals surface area (Å²) >= 11 is 6.54. The van der Waals surface area contributed by atoms with Gasteiger partial charge in [0.2, 0.25) is 11.7 Å². The smallest absolute Gasteiger partial charge is 0.264 e. The van der Waals surface area contributed by atoms with Crippen LogP contribution in [0, 0.1) is 6.92 Å². The summed E-state index contributed by atoms with van der Waals surface area (Å²) in [5.74, 6) is 2.05. The third-order valence-corrected chi connectivity index (χ3v) is 7.60. The van der Waals surface area contributed by atoms with Crippen molar-refractivity contribution in [1.82, 2.24) is 15.0 Å². The summed E-state index contributed by atoms with van der Waals surface area (Å²) in [6, 6.07) is 9.09. The standard InChI is InChI=1S/C28H30ClN3O6/c1-15-24-26(31-38-15)25-19(29)6-5-7-20(25)32(28(24)34)18-10-9-17(14-18)30-23(33)11-8-16-12-21(35-2)27(37-4)22(13-16)36-3/h5-7,12-13,17-18H,8-11,14H2,1-4H3,(H,30,33). The number of fused-ring (bicyclic) bond motifs is 3. The first-order chi connectivity index (χ1) is 18.4. The van der Waals surface area contributed by atoms with Gasteiger partial charge in [0.1, 0.15) is 16.7 Å². The molecule has 200 valence electrons. The zero-order valence-electron chi connectivity index (χ0n) is 21.8. The Labute approximate surface area is 224 Å². The average Bonchev–Trinajstić information content (AvgIpc) is 3.53. The Morgan fingerprint density at radius 2 is 1.87 bits per heavy atom. The number of ether oxygens (including phenoxy) is 3. The van der Waals surface area contributed by atoms with E-state index in [1.54, 1.807) is 38.9 Å². The van der Waals surface area contributed by atoms with E-state index < -0.39 is 0 Å². The molecule has 2 atom stereocenters. The number of halogens is 1. The Hall–Kier alpha value is -3.72. The van der Waals surface area contributed by atoms with E-state index in [4.69, 9.17) is 30.3 Å². The van der Waals surface area contributed by atoms with Gasteiger partial charge in [-0.1, -0.05) is 22.8 Å². The fourth-order valence-electron chi connectivity index (χ4n) is 5.50. The van der Waals surface area contributed by atoms with Crippen LogP contribution >= 0.6 is 11.6 Å². The number of carbonyl (C=O) groups excluding carboxylic acids is 1. The van der Waals surface area contributed by atoms with Crippen molar-refractivity contribution in [1.29, 1.82) is 0 Å². The van der Waals surface area contributed by atoms with E-state index in [9.17, 15) is 9.59 Å². The van der Waals surface area contributed by atoms with Crippen molar-refractivity contribution in [2.24, 2.45) is 0 Å². The lowest BCUT2D eigenvalue weighted by Gasteiger charge is -2.19. The van der Waals surface area contributed by atoms with Gasteiger partial charge in [-0.3, -0.25) is 9.59 Å². The molecular weight excluding hydrogens is 510 g/mol. The molecule has 2 aromatic carbocycles. The minimum absolute atomic E-state index is 0.0344. The first-order valence-electron chi connectivity index (χ1n) is 12.5. The molecule has 1 N–H and O–H groups in total. The molecule has 5 rings (SSSR count). The zero-order chi connectivity index (χ0) is 27.0. The Morgan fingerprint density at radius 3 is 2.55 bits per heavy atom. The minimum atomic E-state index is -0.145. The van der Waals surface area contributed by atoms with E-state index in [0.29, 0.717) is 63.6 Å². The molecule has 0 aliphatic heterocycles. The molecule has 10 heteroatoms. The molecule has 1 fully saturated rings. The second-order valence-electron chi connectivity index (χ2n) is 9.54. The maximum Gasteiger partial charge on any atom is 0.264 e. The fourth-order valence-corrected chi connectivity index (χ4v) is 5.75. The summed E-state index contributed by atoms with van der Waals surface area (Å²) in [6.45, 7) is 1.73. The topological polar surface area (TPSA) is 105 Å². The molecule has 2 aromatic heterocycles. The molecule has 2 unspecified atom stereocenters. The van der Waals surface area contributed by atoms with E-state index in [-0.39, 0.29) is 23.6 Å². The highest BCUT2D eigenvalue weighted by molar-refractivity contribution is 6.37. The van der Waals surface area contributed by atoms with Crippen LogP contribution in [0.3, 0.4) is 0 Å². The number of nitrogens with zero attached hydrogens (tertiary/aromatic N) is 2. The highest BCUT2D eigenvalue weighted by Crippen LogP contribution is 2.39. The lowest BCUT2D eigenvalue weighted by Crippen LogP contribution is -2.33. The van der Waals surface area contributed by atoms with Crippen molar-refractivity contribution < 1.29 is 23.5 Å². The van der Waals surface area contributed by atoms with Crippen molar-refractivity contribution in [3.63, 3.8) is 0 Å². The van der Waals surface area contributed by atoms with Crippen LogP contribution in [0.25, 0.3) is 21.8 Å². The average molecular weight is 540 g/mol. The monoisotopic (exact) mass is 539 g/mol. The first-order valence-corrected chi connectivity index (χ1v) is 12.9. The third-order valence-electron chi connectivity index (χ3n) is 7.28. The van der Waals surface area contributed by atoms with Crippen molar-refractivity contribution in [3.05, 3.63) is 57.0 Å². The number of carbonyl (C=O) groups is 1. The SMILES string of the molecule is COc1cc(CCC(=O)NC2CCC(n3c(=O)c4c(C)onc4c4c(Cl)cccc43)C2)cc(OC)c1OC. The van der Waals surface area contributed by atoms with Gasteiger partial charge in [-0.15, -0.1) is 0 Å². The Morgan fingerprint density at radius 1 is 1.13 bits per heavy atom. The number of methoxy groups -OCH3 is 3. The molecular formula is C28H30ClN3O6. The molecule has 0 bridgehead atoms. The highest BCUT2D eigenvalue weighted by Gasteiger charge is 2.30. The molecule has 0 saturated heterocycles. The second-order valence-corrected chi connectivity index (χ2v) is 9.94. The van der Waals surface area contributed by atoms with Gasteiger partial charge in [0.05, 0.1) is 31.9 Å². The summed E-state index contributed by atoms with van der Waals surface area (Å²) < 4.78 is 23.4. The van der Waals surface area contributed by atoms with Crippen LogP contribution in [0.4, 0.5) is 0 Å². The quantitative estimate of drug-likeness (QED) is 0.337. The summed E-state index contributed by atoms with van der Waals surface area (Å²) in [5, 5.41) is 8.94. The lowest BCUT2D eigenvalue weighted by atomic mass is 10.1. The van der Waals surface area contributed by atoms with Crippen LogP contribution in [0.1, 0.15) is 43.0 Å². The van der Waals surface area contributed by atoms with Gasteiger partial charge >= 0.3 is 0 Å². The predicted octanol–water partition coefficient (Wildman–Crippen LogP) is 4.97. The van der Waals surface area contributed by atoms with Gasteiger partial charge in [-0.2, -0.15) is 0 Å². The largest absolute Gasteiger partial charge is 0.493 e. The van der Waals surface area contributed by atoms with E-state index in [1.807, 2.05) is 24.3 Å². The van der Waals surface area contributed by atoms with Gasteiger partial charge < -0.3 is 28.6 Å². The van der Waals surface area contributed by atoms with Crippen molar-refractivity contribution in [2.75, 3.05) is 21.3 Å². The lowest BCUT2D eigenvalue weighted by molar-refractivity contribution is -0.121. The Kier molecular flexibility index (Phi) is 7.21. The molecule has 0 radical (unpaired) electrons. The van der Waals surface area contributed by atoms with Crippen LogP contribution < -0.4 is 25.1 Å². The van der Waals surface area contributed by atoms with Crippen molar-refractivity contribution in [3.8, 4) is 17.2 Å². The normalized spacial score (nSPS) is 17.2. The third kappa shape index (κ3) is 4.55. The number of pyridine rings is 1. The molecule has 2 heterocycles. The molecule has 4 aromatic rings. The van der Waals surface area contributed by atoms with Gasteiger partial charge in [0.15, 0.2) is 11.5 Å². The van der Waals surface area contributed by atoms with Gasteiger partial charge in [-0.25, -0.2) is 0 Å². The Balaban J connectivity index is 1.31. The maximum absolute atomic E-state index is 13.6. The summed E-state index contributed by atoms with van der Waals surface area (Å²) in [6.07, 6.45) is 3.01. The van der Waals surface area contributed by atoms with Crippen molar-refractivity contribution in [2.45, 2.75) is 51.1 Å². The summed E-state index contributed by atoms with van der Waals surface area (Å²) in [5.41, 5.74) is 1.97. The van der Waals surface area contributed by atoms with E-state index in [1.165, 1.54) is 0 Å². The molecule has 0 spiro atoms. The first kappa shape index (κ1) is 25.9.